The summed E-state index contributed by atoms with van der Waals surface area (Å²) < 4.78 is 13.6. The maximum absolute atomic E-state index is 13.4. The Balaban J connectivity index is 2.35. The molecular weight excluding hydrogens is 390 g/mol. The smallest absolute Gasteiger partial charge is 0.297 e. The maximum Gasteiger partial charge on any atom is 0.297 e. The van der Waals surface area contributed by atoms with Gasteiger partial charge in [0.1, 0.15) is 12.4 Å². The lowest BCUT2D eigenvalue weighted by molar-refractivity contribution is 0.275. The highest BCUT2D eigenvalue weighted by Gasteiger charge is 2.20. The number of phenolic OH excluding ortho intramolecular Hbond substituents is 1. The van der Waals surface area contributed by atoms with Crippen molar-refractivity contribution in [2.45, 2.75) is 84.6 Å². The van der Waals surface area contributed by atoms with Crippen LogP contribution in [0.2, 0.25) is 0 Å². The molecule has 2 rings (SSSR count). The number of phenols is 1. The van der Waals surface area contributed by atoms with Gasteiger partial charge < -0.3 is 19.1 Å². The van der Waals surface area contributed by atoms with Crippen LogP contribution in [0.15, 0.2) is 35.6 Å². The lowest BCUT2D eigenvalue weighted by Gasteiger charge is -2.18. The molecule has 1 aromatic carbocycles. The first-order valence-corrected chi connectivity index (χ1v) is 11.9. The van der Waals surface area contributed by atoms with Crippen LogP contribution in [0.3, 0.4) is 0 Å². The van der Waals surface area contributed by atoms with E-state index in [-0.39, 0.29) is 23.7 Å². The summed E-state index contributed by atoms with van der Waals surface area (Å²) in [7, 11) is 0. The Bertz CT molecular complexity index is 872. The van der Waals surface area contributed by atoms with E-state index >= 15 is 0 Å². The summed E-state index contributed by atoms with van der Waals surface area (Å²) >= 11 is 0. The maximum atomic E-state index is 13.4. The van der Waals surface area contributed by atoms with Crippen molar-refractivity contribution in [3.05, 3.63) is 41.2 Å². The highest BCUT2D eigenvalue weighted by atomic mass is 16.5. The van der Waals surface area contributed by atoms with E-state index in [1.54, 1.807) is 22.8 Å². The van der Waals surface area contributed by atoms with Crippen molar-refractivity contribution >= 4 is 10.9 Å². The van der Waals surface area contributed by atoms with Crippen LogP contribution in [0.1, 0.15) is 78.1 Å². The second kappa shape index (κ2) is 13.8. The van der Waals surface area contributed by atoms with Crippen LogP contribution < -0.4 is 15.0 Å². The van der Waals surface area contributed by atoms with Crippen LogP contribution >= 0.6 is 0 Å². The molecule has 0 amide bonds. The van der Waals surface area contributed by atoms with Crippen molar-refractivity contribution in [3.8, 4) is 17.2 Å². The van der Waals surface area contributed by atoms with Crippen molar-refractivity contribution in [2.75, 3.05) is 13.2 Å². The van der Waals surface area contributed by atoms with Gasteiger partial charge in [-0.25, -0.2) is 0 Å². The summed E-state index contributed by atoms with van der Waals surface area (Å²) in [6.07, 6.45) is 12.8. The van der Waals surface area contributed by atoms with Gasteiger partial charge in [0, 0.05) is 18.0 Å². The summed E-state index contributed by atoms with van der Waals surface area (Å²) in [4.78, 5) is 13.4. The normalized spacial score (nSPS) is 11.0. The largest absolute Gasteiger partial charge is 0.508 e. The van der Waals surface area contributed by atoms with Crippen molar-refractivity contribution in [1.29, 1.82) is 0 Å². The number of pyridine rings is 1. The molecule has 5 heteroatoms. The number of hydrogen-bond acceptors (Lipinski definition) is 4. The SMILES string of the molecule is C=CCOc1c(OCCCCCC)c2ccc(O)cc2n(CCCCCCCC)c1=O. The number of rotatable bonds is 16. The van der Waals surface area contributed by atoms with Gasteiger partial charge in [-0.2, -0.15) is 0 Å². The Labute approximate surface area is 186 Å². The van der Waals surface area contributed by atoms with Gasteiger partial charge in [0.2, 0.25) is 5.75 Å². The Morgan fingerprint density at radius 1 is 0.935 bits per heavy atom. The first-order valence-electron chi connectivity index (χ1n) is 11.9. The molecule has 0 fully saturated rings. The number of benzene rings is 1. The van der Waals surface area contributed by atoms with Gasteiger partial charge in [0.25, 0.3) is 5.56 Å². The number of ether oxygens (including phenoxy) is 2. The molecule has 0 aliphatic heterocycles. The number of nitrogens with zero attached hydrogens (tertiary/aromatic N) is 1. The third kappa shape index (κ3) is 7.34. The van der Waals surface area contributed by atoms with Crippen LogP contribution in [-0.2, 0) is 6.54 Å². The number of unbranched alkanes of at least 4 members (excludes halogenated alkanes) is 8. The molecule has 0 atom stereocenters. The minimum atomic E-state index is -0.211. The predicted octanol–water partition coefficient (Wildman–Crippen LogP) is 6.59. The van der Waals surface area contributed by atoms with Gasteiger partial charge in [0.15, 0.2) is 5.75 Å². The van der Waals surface area contributed by atoms with E-state index in [1.165, 1.54) is 25.7 Å². The fourth-order valence-corrected chi connectivity index (χ4v) is 3.77. The molecule has 0 bridgehead atoms. The minimum Gasteiger partial charge on any atom is -0.508 e. The van der Waals surface area contributed by atoms with Crippen molar-refractivity contribution < 1.29 is 14.6 Å². The molecule has 1 N–H and O–H groups in total. The second-order valence-electron chi connectivity index (χ2n) is 8.09. The molecule has 0 saturated carbocycles. The summed E-state index contributed by atoms with van der Waals surface area (Å²) in [5.74, 6) is 0.842. The van der Waals surface area contributed by atoms with Crippen LogP contribution in [0.25, 0.3) is 10.9 Å². The van der Waals surface area contributed by atoms with Gasteiger partial charge >= 0.3 is 0 Å². The molecule has 0 radical (unpaired) electrons. The zero-order chi connectivity index (χ0) is 22.5. The molecule has 0 aliphatic carbocycles. The van der Waals surface area contributed by atoms with Crippen molar-refractivity contribution in [1.82, 2.24) is 4.57 Å². The molecule has 172 valence electrons. The van der Waals surface area contributed by atoms with Gasteiger partial charge in [-0.1, -0.05) is 77.9 Å². The summed E-state index contributed by atoms with van der Waals surface area (Å²) in [6, 6.07) is 5.09. The zero-order valence-corrected chi connectivity index (χ0v) is 19.3. The second-order valence-corrected chi connectivity index (χ2v) is 8.09. The van der Waals surface area contributed by atoms with Crippen LogP contribution in [0.4, 0.5) is 0 Å². The molecule has 0 unspecified atom stereocenters. The standard InChI is InChI=1S/C26H39NO4/c1-4-7-9-11-12-13-17-27-23-20-21(28)15-16-22(23)24(31-19-14-10-8-5-2)25(26(27)29)30-18-6-3/h6,15-16,20,28H,3-5,7-14,17-19H2,1-2H3. The third-order valence-electron chi connectivity index (χ3n) is 5.49. The van der Waals surface area contributed by atoms with E-state index in [2.05, 4.69) is 20.4 Å². The Kier molecular flexibility index (Phi) is 11.0. The molecule has 31 heavy (non-hydrogen) atoms. The van der Waals surface area contributed by atoms with E-state index in [0.717, 1.165) is 43.9 Å². The van der Waals surface area contributed by atoms with E-state index < -0.39 is 0 Å². The van der Waals surface area contributed by atoms with Gasteiger partial charge in [-0.05, 0) is 25.0 Å². The third-order valence-corrected chi connectivity index (χ3v) is 5.49. The molecule has 5 nitrogen and oxygen atoms in total. The lowest BCUT2D eigenvalue weighted by atomic mass is 10.1. The van der Waals surface area contributed by atoms with Crippen molar-refractivity contribution in [3.63, 3.8) is 0 Å². The van der Waals surface area contributed by atoms with Crippen LogP contribution in [-0.4, -0.2) is 22.9 Å². The van der Waals surface area contributed by atoms with Crippen molar-refractivity contribution in [2.24, 2.45) is 0 Å². The predicted molar refractivity (Wildman–Crippen MR) is 129 cm³/mol. The minimum absolute atomic E-state index is 0.136. The first-order chi connectivity index (χ1) is 15.1. The number of aromatic hydroxyl groups is 1. The molecule has 2 aromatic rings. The summed E-state index contributed by atoms with van der Waals surface area (Å²) in [5.41, 5.74) is 0.477. The van der Waals surface area contributed by atoms with Crippen LogP contribution in [0, 0.1) is 0 Å². The van der Waals surface area contributed by atoms with E-state index in [9.17, 15) is 9.90 Å². The summed E-state index contributed by atoms with van der Waals surface area (Å²) in [6.45, 7) is 9.44. The quantitative estimate of drug-likeness (QED) is 0.241. The Morgan fingerprint density at radius 3 is 2.32 bits per heavy atom. The van der Waals surface area contributed by atoms with E-state index in [0.29, 0.717) is 24.4 Å². The molecule has 0 spiro atoms. The van der Waals surface area contributed by atoms with E-state index in [4.69, 9.17) is 9.47 Å². The molecule has 1 aromatic heterocycles. The molecular formula is C26H39NO4. The highest BCUT2D eigenvalue weighted by molar-refractivity contribution is 5.89. The van der Waals surface area contributed by atoms with Gasteiger partial charge in [-0.15, -0.1) is 0 Å². The molecule has 0 saturated heterocycles. The lowest BCUT2D eigenvalue weighted by Crippen LogP contribution is -2.24. The molecule has 0 aliphatic rings. The average molecular weight is 430 g/mol. The van der Waals surface area contributed by atoms with E-state index in [1.807, 2.05) is 6.07 Å². The average Bonchev–Trinajstić information content (AvgIpc) is 2.77. The first kappa shape index (κ1) is 24.8. The topological polar surface area (TPSA) is 60.7 Å². The monoisotopic (exact) mass is 429 g/mol. The number of fused-ring (bicyclic) bond motifs is 1. The number of aromatic nitrogens is 1. The fraction of sp³-hybridized carbons (Fsp3) is 0.577. The molecule has 1 heterocycles. The zero-order valence-electron chi connectivity index (χ0n) is 19.3. The Morgan fingerprint density at radius 2 is 1.61 bits per heavy atom. The number of hydrogen-bond donors (Lipinski definition) is 1. The fourth-order valence-electron chi connectivity index (χ4n) is 3.77. The van der Waals surface area contributed by atoms with Crippen LogP contribution in [0.5, 0.6) is 17.2 Å². The summed E-state index contributed by atoms with van der Waals surface area (Å²) in [5, 5.41) is 10.9. The highest BCUT2D eigenvalue weighted by Crippen LogP contribution is 2.35. The number of aryl methyl sites for hydroxylation is 1. The van der Waals surface area contributed by atoms with Gasteiger partial charge in [-0.3, -0.25) is 4.79 Å². The Hall–Kier alpha value is -2.43. The van der Waals surface area contributed by atoms with Gasteiger partial charge in [0.05, 0.1) is 12.1 Å².